The lowest BCUT2D eigenvalue weighted by Gasteiger charge is -2.18. The van der Waals surface area contributed by atoms with Gasteiger partial charge >= 0.3 is 0 Å². The zero-order valence-corrected chi connectivity index (χ0v) is 11.4. The summed E-state index contributed by atoms with van der Waals surface area (Å²) in [5, 5.41) is 7.42. The van der Waals surface area contributed by atoms with Crippen LogP contribution in [0, 0.1) is 5.92 Å². The van der Waals surface area contributed by atoms with E-state index in [0.717, 1.165) is 42.7 Å². The van der Waals surface area contributed by atoms with Crippen molar-refractivity contribution in [1.82, 2.24) is 15.5 Å². The molecule has 0 amide bonds. The predicted molar refractivity (Wildman–Crippen MR) is 70.1 cm³/mol. The maximum absolute atomic E-state index is 5.35. The molecule has 0 radical (unpaired) electrons. The molecule has 17 heavy (non-hydrogen) atoms. The van der Waals surface area contributed by atoms with E-state index in [0.29, 0.717) is 11.8 Å². The van der Waals surface area contributed by atoms with E-state index in [-0.39, 0.29) is 0 Å². The molecule has 0 bridgehead atoms. The number of rotatable bonds is 5. The Balaban J connectivity index is 1.82. The molecule has 1 aliphatic heterocycles. The molecule has 2 heterocycles. The van der Waals surface area contributed by atoms with Crippen LogP contribution in [-0.2, 0) is 5.75 Å². The summed E-state index contributed by atoms with van der Waals surface area (Å²) in [5.74, 6) is 4.80. The Kier molecular flexibility index (Phi) is 4.86. The van der Waals surface area contributed by atoms with Gasteiger partial charge in [-0.1, -0.05) is 19.0 Å². The summed E-state index contributed by atoms with van der Waals surface area (Å²) in [4.78, 5) is 4.49. The number of thioether (sulfide) groups is 1. The Labute approximate surface area is 107 Å². The van der Waals surface area contributed by atoms with Crippen LogP contribution < -0.4 is 5.32 Å². The molecule has 1 N–H and O–H groups in total. The van der Waals surface area contributed by atoms with Crippen molar-refractivity contribution in [2.45, 2.75) is 38.4 Å². The molecule has 0 unspecified atom stereocenters. The summed E-state index contributed by atoms with van der Waals surface area (Å²) in [6.45, 7) is 6.53. The number of aromatic nitrogens is 2. The molecular weight excluding hydrogens is 234 g/mol. The van der Waals surface area contributed by atoms with Gasteiger partial charge in [0.15, 0.2) is 5.82 Å². The molecule has 0 aromatic carbocycles. The fourth-order valence-electron chi connectivity index (χ4n) is 1.94. The largest absolute Gasteiger partial charge is 0.339 e. The van der Waals surface area contributed by atoms with Gasteiger partial charge in [-0.15, -0.1) is 0 Å². The highest BCUT2D eigenvalue weighted by Crippen LogP contribution is 2.22. The Bertz CT molecular complexity index is 334. The van der Waals surface area contributed by atoms with Gasteiger partial charge in [0, 0.05) is 6.54 Å². The van der Waals surface area contributed by atoms with E-state index in [4.69, 9.17) is 4.52 Å². The molecule has 2 rings (SSSR count). The topological polar surface area (TPSA) is 51.0 Å². The molecule has 0 saturated carbocycles. The summed E-state index contributed by atoms with van der Waals surface area (Å²) >= 11 is 1.87. The van der Waals surface area contributed by atoms with Gasteiger partial charge in [0.2, 0.25) is 5.89 Å². The van der Waals surface area contributed by atoms with Crippen LogP contribution in [-0.4, -0.2) is 29.0 Å². The Morgan fingerprint density at radius 2 is 2.41 bits per heavy atom. The number of nitrogens with one attached hydrogen (secondary N) is 1. The smallest absolute Gasteiger partial charge is 0.231 e. The molecule has 5 heteroatoms. The second-order valence-electron chi connectivity index (χ2n) is 5.00. The van der Waals surface area contributed by atoms with E-state index < -0.39 is 0 Å². The summed E-state index contributed by atoms with van der Waals surface area (Å²) in [6.07, 6.45) is 2.36. The molecule has 4 nitrogen and oxygen atoms in total. The first-order valence-electron chi connectivity index (χ1n) is 6.36. The summed E-state index contributed by atoms with van der Waals surface area (Å²) in [6, 6.07) is 0. The van der Waals surface area contributed by atoms with Crippen molar-refractivity contribution >= 4 is 11.8 Å². The van der Waals surface area contributed by atoms with E-state index in [1.54, 1.807) is 0 Å². The molecule has 96 valence electrons. The zero-order valence-electron chi connectivity index (χ0n) is 10.6. The monoisotopic (exact) mass is 255 g/mol. The molecule has 1 saturated heterocycles. The highest BCUT2D eigenvalue weighted by Gasteiger charge is 2.21. The first-order valence-corrected chi connectivity index (χ1v) is 7.52. The minimum atomic E-state index is 0.417. The van der Waals surface area contributed by atoms with Gasteiger partial charge in [-0.25, -0.2) is 0 Å². The fraction of sp³-hybridized carbons (Fsp3) is 0.833. The molecule has 0 spiro atoms. The standard InChI is InChI=1S/C12H21N3OS/c1-9(2)7-17-8-11-14-12(16-15-11)10-4-3-5-13-6-10/h9-10,13H,3-8H2,1-2H3/t10-/m1/s1. The average Bonchev–Trinajstić information content (AvgIpc) is 2.78. The lowest BCUT2D eigenvalue weighted by atomic mass is 10.00. The summed E-state index contributed by atoms with van der Waals surface area (Å²) < 4.78 is 5.35. The summed E-state index contributed by atoms with van der Waals surface area (Å²) in [7, 11) is 0. The number of hydrogen-bond acceptors (Lipinski definition) is 5. The van der Waals surface area contributed by atoms with Crippen LogP contribution in [0.15, 0.2) is 4.52 Å². The van der Waals surface area contributed by atoms with Crippen LogP contribution in [0.4, 0.5) is 0 Å². The van der Waals surface area contributed by atoms with Crippen LogP contribution in [0.5, 0.6) is 0 Å². The van der Waals surface area contributed by atoms with Crippen molar-refractivity contribution in [3.63, 3.8) is 0 Å². The molecule has 1 aromatic heterocycles. The zero-order chi connectivity index (χ0) is 12.1. The Hall–Kier alpha value is -0.550. The van der Waals surface area contributed by atoms with Crippen LogP contribution in [0.3, 0.4) is 0 Å². The second kappa shape index (κ2) is 6.40. The van der Waals surface area contributed by atoms with Crippen LogP contribution in [0.1, 0.15) is 44.3 Å². The third-order valence-electron chi connectivity index (χ3n) is 2.81. The van der Waals surface area contributed by atoms with Crippen molar-refractivity contribution in [3.8, 4) is 0 Å². The normalized spacial score (nSPS) is 21.0. The van der Waals surface area contributed by atoms with Crippen LogP contribution >= 0.6 is 11.8 Å². The maximum Gasteiger partial charge on any atom is 0.231 e. The maximum atomic E-state index is 5.35. The molecule has 1 fully saturated rings. The third kappa shape index (κ3) is 4.00. The van der Waals surface area contributed by atoms with Crippen LogP contribution in [0.2, 0.25) is 0 Å². The van der Waals surface area contributed by atoms with E-state index in [2.05, 4.69) is 29.3 Å². The van der Waals surface area contributed by atoms with Gasteiger partial charge < -0.3 is 9.84 Å². The SMILES string of the molecule is CC(C)CSCc1noc([C@@H]2CCCNC2)n1. The number of nitrogens with zero attached hydrogens (tertiary/aromatic N) is 2. The van der Waals surface area contributed by atoms with E-state index in [1.165, 1.54) is 6.42 Å². The van der Waals surface area contributed by atoms with Crippen molar-refractivity contribution in [2.24, 2.45) is 5.92 Å². The van der Waals surface area contributed by atoms with E-state index in [1.807, 2.05) is 11.8 Å². The highest BCUT2D eigenvalue weighted by molar-refractivity contribution is 7.98. The highest BCUT2D eigenvalue weighted by atomic mass is 32.2. The van der Waals surface area contributed by atoms with Crippen molar-refractivity contribution < 1.29 is 4.52 Å². The van der Waals surface area contributed by atoms with Gasteiger partial charge in [-0.2, -0.15) is 16.7 Å². The Morgan fingerprint density at radius 3 is 3.12 bits per heavy atom. The first kappa shape index (κ1) is 12.9. The van der Waals surface area contributed by atoms with Gasteiger partial charge in [-0.05, 0) is 31.1 Å². The van der Waals surface area contributed by atoms with Crippen molar-refractivity contribution in [3.05, 3.63) is 11.7 Å². The molecule has 0 aliphatic carbocycles. The Morgan fingerprint density at radius 1 is 1.53 bits per heavy atom. The quantitative estimate of drug-likeness (QED) is 0.875. The van der Waals surface area contributed by atoms with Crippen LogP contribution in [0.25, 0.3) is 0 Å². The minimum absolute atomic E-state index is 0.417. The molecular formula is C12H21N3OS. The molecule has 1 aromatic rings. The minimum Gasteiger partial charge on any atom is -0.339 e. The van der Waals surface area contributed by atoms with Crippen molar-refractivity contribution in [1.29, 1.82) is 0 Å². The fourth-order valence-corrected chi connectivity index (χ4v) is 2.83. The van der Waals surface area contributed by atoms with E-state index >= 15 is 0 Å². The predicted octanol–water partition coefficient (Wildman–Crippen LogP) is 2.43. The van der Waals surface area contributed by atoms with Gasteiger partial charge in [0.25, 0.3) is 0 Å². The lowest BCUT2D eigenvalue weighted by Crippen LogP contribution is -2.28. The average molecular weight is 255 g/mol. The lowest BCUT2D eigenvalue weighted by molar-refractivity contribution is 0.320. The second-order valence-corrected chi connectivity index (χ2v) is 6.03. The van der Waals surface area contributed by atoms with Gasteiger partial charge in [-0.3, -0.25) is 0 Å². The number of hydrogen-bond donors (Lipinski definition) is 1. The summed E-state index contributed by atoms with van der Waals surface area (Å²) in [5.41, 5.74) is 0. The van der Waals surface area contributed by atoms with Gasteiger partial charge in [0.1, 0.15) is 0 Å². The number of piperidine rings is 1. The molecule has 1 aliphatic rings. The van der Waals surface area contributed by atoms with Crippen molar-refractivity contribution in [2.75, 3.05) is 18.8 Å². The molecule has 1 atom stereocenters. The first-order chi connectivity index (χ1) is 8.25. The van der Waals surface area contributed by atoms with E-state index in [9.17, 15) is 0 Å². The van der Waals surface area contributed by atoms with Gasteiger partial charge in [0.05, 0.1) is 11.7 Å². The third-order valence-corrected chi connectivity index (χ3v) is 4.18.